The van der Waals surface area contributed by atoms with Crippen molar-refractivity contribution < 1.29 is 38.9 Å². The Balaban J connectivity index is 2.03. The van der Waals surface area contributed by atoms with Crippen molar-refractivity contribution in [2.45, 2.75) is 24.9 Å². The number of amides is 3. The molecule has 0 spiro atoms. The minimum atomic E-state index is -1.25. The first-order valence-corrected chi connectivity index (χ1v) is 15.1. The number of methoxy groups -OCH3 is 1. The summed E-state index contributed by atoms with van der Waals surface area (Å²) in [5.41, 5.74) is 6.46. The van der Waals surface area contributed by atoms with Crippen LogP contribution in [0.25, 0.3) is 0 Å². The molecule has 0 heterocycles. The van der Waals surface area contributed by atoms with Gasteiger partial charge in [-0.25, -0.2) is 0 Å². The van der Waals surface area contributed by atoms with E-state index in [1.807, 2.05) is 0 Å². The Labute approximate surface area is 228 Å². The van der Waals surface area contributed by atoms with Crippen molar-refractivity contribution in [2.75, 3.05) is 24.7 Å². The molecule has 2 rings (SSSR count). The van der Waals surface area contributed by atoms with Gasteiger partial charge in [0.05, 0.1) is 0 Å². The minimum absolute atomic E-state index is 0.0939. The van der Waals surface area contributed by atoms with Crippen LogP contribution in [0.2, 0.25) is 0 Å². The van der Waals surface area contributed by atoms with Crippen molar-refractivity contribution in [3.8, 4) is 5.75 Å². The maximum atomic E-state index is 12.9. The van der Waals surface area contributed by atoms with E-state index in [-0.39, 0.29) is 38.3 Å². The van der Waals surface area contributed by atoms with Crippen molar-refractivity contribution in [2.24, 2.45) is 5.73 Å². The Morgan fingerprint density at radius 3 is 2.37 bits per heavy atom. The predicted molar refractivity (Wildman–Crippen MR) is 143 cm³/mol. The summed E-state index contributed by atoms with van der Waals surface area (Å²) in [5.74, 6) is -3.35. The van der Waals surface area contributed by atoms with E-state index < -0.39 is 42.4 Å². The number of benzene rings is 2. The summed E-state index contributed by atoms with van der Waals surface area (Å²) in [7, 11) is 2.86. The second-order valence-electron chi connectivity index (χ2n) is 7.76. The molecule has 2 aromatic carbocycles. The number of anilines is 1. The molecule has 0 radical (unpaired) electrons. The number of carboxylic acid groups (broad SMARTS) is 2. The Bertz CT molecular complexity index is 1150. The molecule has 0 aliphatic rings. The third kappa shape index (κ3) is 10.4. The summed E-state index contributed by atoms with van der Waals surface area (Å²) in [5, 5.41) is 25.3. The molecule has 0 saturated carbocycles. The van der Waals surface area contributed by atoms with Crippen molar-refractivity contribution in [1.29, 1.82) is 0 Å². The predicted octanol–water partition coefficient (Wildman–Crippen LogP) is -0.197. The number of rotatable bonds is 15. The molecule has 0 unspecified atom stereocenters. The molecule has 0 saturated heterocycles. The zero-order chi connectivity index (χ0) is 28.1. The maximum absolute atomic E-state index is 12.9. The van der Waals surface area contributed by atoms with Crippen LogP contribution in [-0.4, -0.2) is 85.2 Å². The molecule has 0 aliphatic heterocycles. The van der Waals surface area contributed by atoms with Crippen LogP contribution < -0.4 is 30.9 Å². The van der Waals surface area contributed by atoms with E-state index in [4.69, 9.17) is 20.7 Å². The van der Waals surface area contributed by atoms with Gasteiger partial charge in [0, 0.05) is 0 Å². The van der Waals surface area contributed by atoms with Crippen LogP contribution in [0.5, 0.6) is 5.75 Å². The van der Waals surface area contributed by atoms with Crippen LogP contribution in [0.3, 0.4) is 0 Å². The molecule has 7 N–H and O–H groups in total. The van der Waals surface area contributed by atoms with Gasteiger partial charge in [0.15, 0.2) is 0 Å². The van der Waals surface area contributed by atoms with Crippen molar-refractivity contribution in [3.05, 3.63) is 54.1 Å². The fourth-order valence-electron chi connectivity index (χ4n) is 2.91. The summed E-state index contributed by atoms with van der Waals surface area (Å²) < 4.78 is 5.87. The summed E-state index contributed by atoms with van der Waals surface area (Å²) in [6.45, 7) is -0.626. The molecule has 14 heteroatoms. The molecule has 0 bridgehead atoms. The van der Waals surface area contributed by atoms with Crippen LogP contribution in [-0.2, 0) is 19.2 Å². The number of carbonyl (C=O) groups excluding carboxylic acids is 3. The second-order valence-corrected chi connectivity index (χ2v) is 12.0. The number of hydrogen-bond acceptors (Lipinski definition) is 8. The van der Waals surface area contributed by atoms with Gasteiger partial charge in [-0.2, -0.15) is 0 Å². The topological polar surface area (TPSA) is 197 Å². The number of aliphatic carboxylic acids is 2. The third-order valence-electron chi connectivity index (χ3n) is 4.93. The molecule has 3 amide bonds. The molecule has 2 atom stereocenters. The Morgan fingerprint density at radius 1 is 1.05 bits per heavy atom. The molecule has 204 valence electrons. The van der Waals surface area contributed by atoms with Gasteiger partial charge in [0.1, 0.15) is 0 Å². The van der Waals surface area contributed by atoms with Gasteiger partial charge in [-0.15, -0.1) is 0 Å². The van der Waals surface area contributed by atoms with E-state index in [1.54, 1.807) is 55.6 Å². The molecule has 12 nitrogen and oxygen atoms in total. The van der Waals surface area contributed by atoms with E-state index in [9.17, 15) is 24.0 Å². The molecule has 0 aliphatic carbocycles. The first-order valence-electron chi connectivity index (χ1n) is 11.2. The van der Waals surface area contributed by atoms with Crippen molar-refractivity contribution in [1.82, 2.24) is 10.6 Å². The second kappa shape index (κ2) is 15.6. The van der Waals surface area contributed by atoms with Gasteiger partial charge in [-0.05, 0) is 0 Å². The summed E-state index contributed by atoms with van der Waals surface area (Å²) in [6, 6.07) is 11.6. The average molecular weight is 612 g/mol. The molecule has 0 fully saturated rings. The van der Waals surface area contributed by atoms with Gasteiger partial charge < -0.3 is 0 Å². The van der Waals surface area contributed by atoms with Crippen LogP contribution in [0.15, 0.2) is 48.5 Å². The fourth-order valence-corrected chi connectivity index (χ4v) is 7.12. The van der Waals surface area contributed by atoms with Gasteiger partial charge in [0.2, 0.25) is 0 Å². The number of nitrogens with one attached hydrogen (secondary N) is 3. The van der Waals surface area contributed by atoms with Gasteiger partial charge in [-0.3, -0.25) is 0 Å². The van der Waals surface area contributed by atoms with E-state index in [2.05, 4.69) is 16.0 Å². The first kappa shape index (κ1) is 30.6. The standard InChI is InChI=1S/C24H28N4O8SSe/c1-36-15-8-6-14(7-9-15)27-22(32)16-4-2-3-5-19(16)38-37-13-18(23(33)26-12-21(30)31)28-20(29)11-10-17(25)24(34)35/h2-9,17-18H,10-13,25H2,1H3,(H,26,33)(H,27,32)(H,28,29)(H,30,31)(H,34,35)/t17-,18-/m1/s1. The number of ether oxygens (including phenoxy) is 1. The Morgan fingerprint density at radius 2 is 1.74 bits per heavy atom. The Kier molecular flexibility index (Phi) is 12.6. The first-order chi connectivity index (χ1) is 18.1. The molecule has 2 aromatic rings. The zero-order valence-corrected chi connectivity index (χ0v) is 22.9. The van der Waals surface area contributed by atoms with E-state index in [0.717, 1.165) is 4.46 Å². The third-order valence-corrected chi connectivity index (χ3v) is 9.17. The molecule has 0 aromatic heterocycles. The van der Waals surface area contributed by atoms with Gasteiger partial charge >= 0.3 is 229 Å². The fraction of sp³-hybridized carbons (Fsp3) is 0.292. The van der Waals surface area contributed by atoms with E-state index in [0.29, 0.717) is 17.0 Å². The van der Waals surface area contributed by atoms with Crippen molar-refractivity contribution >= 4 is 63.8 Å². The number of nitrogens with two attached hydrogens (primary N) is 1. The monoisotopic (exact) mass is 612 g/mol. The number of carbonyl (C=O) groups is 5. The SMILES string of the molecule is COc1ccc(NC(=O)c2ccccc2[Se]SC[C@@H](NC(=O)CC[C@@H](N)C(=O)O)C(=O)NCC(=O)O)cc1. The van der Waals surface area contributed by atoms with Gasteiger partial charge in [0.25, 0.3) is 0 Å². The summed E-state index contributed by atoms with van der Waals surface area (Å²) in [4.78, 5) is 59.4. The summed E-state index contributed by atoms with van der Waals surface area (Å²) in [6.07, 6.45) is -0.348. The van der Waals surface area contributed by atoms with Crippen LogP contribution in [0.4, 0.5) is 5.69 Å². The van der Waals surface area contributed by atoms with Crippen LogP contribution in [0, 0.1) is 0 Å². The van der Waals surface area contributed by atoms with E-state index >= 15 is 0 Å². The van der Waals surface area contributed by atoms with E-state index in [1.165, 1.54) is 10.2 Å². The van der Waals surface area contributed by atoms with Gasteiger partial charge in [-0.1, -0.05) is 0 Å². The summed E-state index contributed by atoms with van der Waals surface area (Å²) >= 11 is -0.352. The number of hydrogen-bond donors (Lipinski definition) is 6. The molecular formula is C24H28N4O8SSe. The van der Waals surface area contributed by atoms with Crippen LogP contribution >= 0.6 is 10.2 Å². The normalized spacial score (nSPS) is 12.1. The van der Waals surface area contributed by atoms with Crippen molar-refractivity contribution in [3.63, 3.8) is 0 Å². The zero-order valence-electron chi connectivity index (χ0n) is 20.3. The number of carboxylic acids is 2. The van der Waals surface area contributed by atoms with Crippen LogP contribution in [0.1, 0.15) is 23.2 Å². The molecular weight excluding hydrogens is 583 g/mol. The quantitative estimate of drug-likeness (QED) is 0.147. The Hall–Kier alpha value is -3.58. The molecule has 38 heavy (non-hydrogen) atoms. The average Bonchev–Trinajstić information content (AvgIpc) is 2.90.